The van der Waals surface area contributed by atoms with E-state index in [0.29, 0.717) is 16.4 Å². The maximum absolute atomic E-state index is 12.7. The highest BCUT2D eigenvalue weighted by Crippen LogP contribution is 2.17. The first-order chi connectivity index (χ1) is 11.1. The van der Waals surface area contributed by atoms with Gasteiger partial charge in [0, 0.05) is 18.1 Å². The van der Waals surface area contributed by atoms with Gasteiger partial charge in [-0.25, -0.2) is 0 Å². The predicted octanol–water partition coefficient (Wildman–Crippen LogP) is 2.05. The third-order valence-electron chi connectivity index (χ3n) is 4.20. The van der Waals surface area contributed by atoms with Gasteiger partial charge in [-0.15, -0.1) is 5.10 Å². The predicted molar refractivity (Wildman–Crippen MR) is 89.1 cm³/mol. The van der Waals surface area contributed by atoms with E-state index in [0.717, 1.165) is 31.6 Å². The zero-order valence-electron chi connectivity index (χ0n) is 13.3. The van der Waals surface area contributed by atoms with Crippen LogP contribution in [0.4, 0.5) is 0 Å². The van der Waals surface area contributed by atoms with Crippen molar-refractivity contribution >= 4 is 17.5 Å². The normalized spacial score (nSPS) is 15.6. The Morgan fingerprint density at radius 1 is 1.35 bits per heavy atom. The van der Waals surface area contributed by atoms with Crippen molar-refractivity contribution < 1.29 is 4.79 Å². The standard InChI is InChI=1S/C16H20ClN5O/c1-11-15(16(23)21(2)13-6-8-18-9-7-13)20-22(19-11)14-5-3-4-12(17)10-14/h3-5,10,13,18H,6-9H2,1-2H3. The lowest BCUT2D eigenvalue weighted by Gasteiger charge is -2.31. The van der Waals surface area contributed by atoms with Crippen LogP contribution >= 0.6 is 11.6 Å². The van der Waals surface area contributed by atoms with Crippen LogP contribution in [0.5, 0.6) is 0 Å². The van der Waals surface area contributed by atoms with E-state index in [9.17, 15) is 4.79 Å². The molecule has 0 bridgehead atoms. The van der Waals surface area contributed by atoms with Crippen LogP contribution in [-0.4, -0.2) is 52.0 Å². The van der Waals surface area contributed by atoms with E-state index in [1.807, 2.05) is 19.2 Å². The summed E-state index contributed by atoms with van der Waals surface area (Å²) in [5.41, 5.74) is 1.76. The minimum absolute atomic E-state index is 0.0809. The average molecular weight is 334 g/mol. The van der Waals surface area contributed by atoms with Gasteiger partial charge in [0.2, 0.25) is 0 Å². The number of piperidine rings is 1. The fourth-order valence-electron chi connectivity index (χ4n) is 2.82. The summed E-state index contributed by atoms with van der Waals surface area (Å²) in [4.78, 5) is 16.0. The second kappa shape index (κ2) is 6.68. The molecule has 2 heterocycles. The van der Waals surface area contributed by atoms with E-state index in [-0.39, 0.29) is 11.9 Å². The number of carbonyl (C=O) groups is 1. The Hall–Kier alpha value is -1.92. The Balaban J connectivity index is 1.84. The molecule has 2 aromatic rings. The molecule has 1 aliphatic rings. The van der Waals surface area contributed by atoms with Gasteiger partial charge in [-0.1, -0.05) is 17.7 Å². The molecule has 1 amide bonds. The second-order valence-corrected chi connectivity index (χ2v) is 6.24. The largest absolute Gasteiger partial charge is 0.337 e. The van der Waals surface area contributed by atoms with Gasteiger partial charge in [-0.3, -0.25) is 4.79 Å². The SMILES string of the molecule is Cc1nn(-c2cccc(Cl)c2)nc1C(=O)N(C)C1CCNCC1. The van der Waals surface area contributed by atoms with Crippen LogP contribution in [0.3, 0.4) is 0 Å². The third kappa shape index (κ3) is 3.38. The minimum Gasteiger partial charge on any atom is -0.337 e. The smallest absolute Gasteiger partial charge is 0.276 e. The number of carbonyl (C=O) groups excluding carboxylic acids is 1. The van der Waals surface area contributed by atoms with Crippen LogP contribution < -0.4 is 5.32 Å². The van der Waals surface area contributed by atoms with Crippen LogP contribution in [0.1, 0.15) is 29.0 Å². The van der Waals surface area contributed by atoms with Crippen molar-refractivity contribution in [2.75, 3.05) is 20.1 Å². The fourth-order valence-corrected chi connectivity index (χ4v) is 3.00. The molecule has 1 saturated heterocycles. The first-order valence-corrected chi connectivity index (χ1v) is 8.12. The van der Waals surface area contributed by atoms with Gasteiger partial charge in [0.25, 0.3) is 5.91 Å². The van der Waals surface area contributed by atoms with Crippen molar-refractivity contribution in [3.8, 4) is 5.69 Å². The molecule has 1 aliphatic heterocycles. The summed E-state index contributed by atoms with van der Waals surface area (Å²) in [5.74, 6) is -0.0809. The van der Waals surface area contributed by atoms with Gasteiger partial charge in [0.15, 0.2) is 5.69 Å². The molecule has 1 aromatic carbocycles. The highest BCUT2D eigenvalue weighted by molar-refractivity contribution is 6.30. The fraction of sp³-hybridized carbons (Fsp3) is 0.438. The molecular formula is C16H20ClN5O. The van der Waals surface area contributed by atoms with Gasteiger partial charge < -0.3 is 10.2 Å². The van der Waals surface area contributed by atoms with E-state index >= 15 is 0 Å². The molecule has 3 rings (SSSR count). The number of rotatable bonds is 3. The monoisotopic (exact) mass is 333 g/mol. The molecule has 1 N–H and O–H groups in total. The molecular weight excluding hydrogens is 314 g/mol. The molecule has 1 aromatic heterocycles. The molecule has 7 heteroatoms. The first-order valence-electron chi connectivity index (χ1n) is 7.74. The molecule has 0 radical (unpaired) electrons. The Labute approximate surface area is 140 Å². The quantitative estimate of drug-likeness (QED) is 0.933. The molecule has 0 atom stereocenters. The average Bonchev–Trinajstić information content (AvgIpc) is 2.96. The Morgan fingerprint density at radius 3 is 2.78 bits per heavy atom. The van der Waals surface area contributed by atoms with E-state index < -0.39 is 0 Å². The zero-order chi connectivity index (χ0) is 16.4. The van der Waals surface area contributed by atoms with E-state index in [1.165, 1.54) is 4.80 Å². The number of nitrogens with zero attached hydrogens (tertiary/aromatic N) is 4. The van der Waals surface area contributed by atoms with Crippen LogP contribution in [0.2, 0.25) is 5.02 Å². The number of benzene rings is 1. The Morgan fingerprint density at radius 2 is 2.09 bits per heavy atom. The summed E-state index contributed by atoms with van der Waals surface area (Å²) in [6, 6.07) is 7.50. The summed E-state index contributed by atoms with van der Waals surface area (Å²) in [5, 5.41) is 12.7. The molecule has 0 aliphatic carbocycles. The number of amides is 1. The van der Waals surface area contributed by atoms with Crippen LogP contribution in [0.25, 0.3) is 5.69 Å². The lowest BCUT2D eigenvalue weighted by molar-refractivity contribution is 0.0696. The highest BCUT2D eigenvalue weighted by Gasteiger charge is 2.26. The summed E-state index contributed by atoms with van der Waals surface area (Å²) in [6.45, 7) is 3.69. The third-order valence-corrected chi connectivity index (χ3v) is 4.44. The van der Waals surface area contributed by atoms with E-state index in [4.69, 9.17) is 11.6 Å². The summed E-state index contributed by atoms with van der Waals surface area (Å²) >= 11 is 6.01. The Bertz CT molecular complexity index is 708. The molecule has 122 valence electrons. The topological polar surface area (TPSA) is 63.1 Å². The van der Waals surface area contributed by atoms with Crippen molar-refractivity contribution in [3.05, 3.63) is 40.7 Å². The second-order valence-electron chi connectivity index (χ2n) is 5.80. The zero-order valence-corrected chi connectivity index (χ0v) is 14.0. The maximum Gasteiger partial charge on any atom is 0.276 e. The van der Waals surface area contributed by atoms with E-state index in [1.54, 1.807) is 24.0 Å². The number of halogens is 1. The van der Waals surface area contributed by atoms with E-state index in [2.05, 4.69) is 15.5 Å². The number of hydrogen-bond acceptors (Lipinski definition) is 4. The lowest BCUT2D eigenvalue weighted by Crippen LogP contribution is -2.44. The summed E-state index contributed by atoms with van der Waals surface area (Å²) in [7, 11) is 1.84. The number of aromatic nitrogens is 3. The van der Waals surface area contributed by atoms with Crippen molar-refractivity contribution in [1.82, 2.24) is 25.2 Å². The van der Waals surface area contributed by atoms with Crippen LogP contribution in [0.15, 0.2) is 24.3 Å². The Kier molecular flexibility index (Phi) is 4.63. The van der Waals surface area contributed by atoms with Crippen molar-refractivity contribution in [2.45, 2.75) is 25.8 Å². The van der Waals surface area contributed by atoms with Gasteiger partial charge >= 0.3 is 0 Å². The highest BCUT2D eigenvalue weighted by atomic mass is 35.5. The number of aryl methyl sites for hydroxylation is 1. The number of nitrogens with one attached hydrogen (secondary N) is 1. The van der Waals surface area contributed by atoms with Crippen LogP contribution in [0, 0.1) is 6.92 Å². The van der Waals surface area contributed by atoms with Crippen molar-refractivity contribution in [3.63, 3.8) is 0 Å². The molecule has 6 nitrogen and oxygen atoms in total. The molecule has 1 fully saturated rings. The first kappa shape index (κ1) is 16.0. The van der Waals surface area contributed by atoms with Gasteiger partial charge in [0.1, 0.15) is 0 Å². The molecule has 0 saturated carbocycles. The van der Waals surface area contributed by atoms with Crippen LogP contribution in [-0.2, 0) is 0 Å². The molecule has 0 spiro atoms. The van der Waals surface area contributed by atoms with Gasteiger partial charge in [0.05, 0.1) is 11.4 Å². The van der Waals surface area contributed by atoms with Crippen molar-refractivity contribution in [1.29, 1.82) is 0 Å². The van der Waals surface area contributed by atoms with Gasteiger partial charge in [-0.05, 0) is 51.1 Å². The summed E-state index contributed by atoms with van der Waals surface area (Å²) < 4.78 is 0. The van der Waals surface area contributed by atoms with Crippen molar-refractivity contribution in [2.24, 2.45) is 0 Å². The lowest BCUT2D eigenvalue weighted by atomic mass is 10.0. The molecule has 0 unspecified atom stereocenters. The maximum atomic E-state index is 12.7. The van der Waals surface area contributed by atoms with Gasteiger partial charge in [-0.2, -0.15) is 9.90 Å². The molecule has 23 heavy (non-hydrogen) atoms. The summed E-state index contributed by atoms with van der Waals surface area (Å²) in [6.07, 6.45) is 1.92. The minimum atomic E-state index is -0.0809. The number of hydrogen-bond donors (Lipinski definition) is 1.